The number of thiophene rings is 1. The third-order valence-electron chi connectivity index (χ3n) is 3.63. The molecule has 1 rings (SSSR count). The Bertz CT molecular complexity index is 448. The molecule has 1 amide bonds. The molecule has 0 aliphatic rings. The highest BCUT2D eigenvalue weighted by Gasteiger charge is 2.14. The molecule has 21 heavy (non-hydrogen) atoms. The first-order chi connectivity index (χ1) is 9.90. The van der Waals surface area contributed by atoms with Crippen molar-refractivity contribution in [1.82, 2.24) is 9.80 Å². The molecular formula is C15H25N3OS2. The molecule has 1 aromatic rings. The van der Waals surface area contributed by atoms with Gasteiger partial charge in [-0.3, -0.25) is 4.79 Å². The van der Waals surface area contributed by atoms with Crippen LogP contribution in [-0.4, -0.2) is 53.9 Å². The van der Waals surface area contributed by atoms with E-state index < -0.39 is 0 Å². The van der Waals surface area contributed by atoms with Gasteiger partial charge in [0.05, 0.1) is 4.99 Å². The lowest BCUT2D eigenvalue weighted by atomic mass is 10.2. The highest BCUT2D eigenvalue weighted by molar-refractivity contribution is 7.80. The number of likely N-dealkylation sites (N-methyl/N-ethyl adjacent to an activating group) is 1. The Hall–Kier alpha value is -0.980. The molecule has 118 valence electrons. The maximum absolute atomic E-state index is 12.0. The number of nitrogens with two attached hydrogens (primary N) is 1. The number of thiocarbonyl (C=S) groups is 1. The van der Waals surface area contributed by atoms with Crippen molar-refractivity contribution in [2.24, 2.45) is 5.73 Å². The predicted molar refractivity (Wildman–Crippen MR) is 93.8 cm³/mol. The van der Waals surface area contributed by atoms with Crippen LogP contribution in [0.25, 0.3) is 0 Å². The summed E-state index contributed by atoms with van der Waals surface area (Å²) in [5.41, 5.74) is 5.45. The van der Waals surface area contributed by atoms with Crippen LogP contribution in [0.15, 0.2) is 17.5 Å². The summed E-state index contributed by atoms with van der Waals surface area (Å²) in [6.45, 7) is 3.56. The van der Waals surface area contributed by atoms with E-state index in [1.165, 1.54) is 4.88 Å². The molecular weight excluding hydrogens is 302 g/mol. The van der Waals surface area contributed by atoms with E-state index in [2.05, 4.69) is 36.4 Å². The van der Waals surface area contributed by atoms with E-state index in [1.807, 2.05) is 0 Å². The lowest BCUT2D eigenvalue weighted by Gasteiger charge is -2.25. The van der Waals surface area contributed by atoms with E-state index >= 15 is 0 Å². The molecule has 0 spiro atoms. The van der Waals surface area contributed by atoms with Gasteiger partial charge in [-0.25, -0.2) is 0 Å². The van der Waals surface area contributed by atoms with Crippen molar-refractivity contribution in [2.45, 2.75) is 32.2 Å². The Morgan fingerprint density at radius 1 is 1.38 bits per heavy atom. The van der Waals surface area contributed by atoms with Gasteiger partial charge in [-0.1, -0.05) is 18.3 Å². The minimum atomic E-state index is 0.140. The number of nitrogens with zero attached hydrogens (tertiary/aromatic N) is 2. The maximum atomic E-state index is 12.0. The first-order valence-electron chi connectivity index (χ1n) is 7.15. The molecule has 0 aromatic carbocycles. The first kappa shape index (κ1) is 18.1. The fraction of sp³-hybridized carbons (Fsp3) is 0.600. The van der Waals surface area contributed by atoms with Crippen molar-refractivity contribution in [1.29, 1.82) is 0 Å². The Morgan fingerprint density at radius 2 is 2.10 bits per heavy atom. The summed E-state index contributed by atoms with van der Waals surface area (Å²) in [7, 11) is 3.87. The van der Waals surface area contributed by atoms with E-state index in [0.29, 0.717) is 30.4 Å². The molecule has 0 fully saturated rings. The molecule has 0 aliphatic carbocycles. The SMILES string of the molecule is CC(Cc1cccs1)N(C)CCC(=O)N(C)CCC(N)=S. The number of hydrogen-bond acceptors (Lipinski definition) is 4. The number of amides is 1. The summed E-state index contributed by atoms with van der Waals surface area (Å²) in [5.74, 6) is 0.140. The zero-order valence-corrected chi connectivity index (χ0v) is 14.7. The van der Waals surface area contributed by atoms with Crippen molar-refractivity contribution in [3.8, 4) is 0 Å². The van der Waals surface area contributed by atoms with Crippen LogP contribution in [0.5, 0.6) is 0 Å². The summed E-state index contributed by atoms with van der Waals surface area (Å²) in [4.78, 5) is 17.8. The monoisotopic (exact) mass is 327 g/mol. The van der Waals surface area contributed by atoms with Crippen LogP contribution in [-0.2, 0) is 11.2 Å². The zero-order chi connectivity index (χ0) is 15.8. The number of hydrogen-bond donors (Lipinski definition) is 1. The minimum Gasteiger partial charge on any atom is -0.393 e. The van der Waals surface area contributed by atoms with Gasteiger partial charge in [-0.05, 0) is 31.8 Å². The number of rotatable bonds is 9. The second-order valence-corrected chi connectivity index (χ2v) is 6.95. The second-order valence-electron chi connectivity index (χ2n) is 5.39. The highest BCUT2D eigenvalue weighted by atomic mass is 32.1. The topological polar surface area (TPSA) is 49.6 Å². The third-order valence-corrected chi connectivity index (χ3v) is 4.73. The van der Waals surface area contributed by atoms with Crippen molar-refractivity contribution >= 4 is 34.5 Å². The Morgan fingerprint density at radius 3 is 2.67 bits per heavy atom. The standard InChI is InChI=1S/C15H25N3OS2/c1-12(11-13-5-4-10-21-13)17(2)9-7-15(19)18(3)8-6-14(16)20/h4-5,10,12H,6-9,11H2,1-3H3,(H2,16,20). The van der Waals surface area contributed by atoms with E-state index in [1.54, 1.807) is 23.3 Å². The van der Waals surface area contributed by atoms with Crippen LogP contribution < -0.4 is 5.73 Å². The zero-order valence-electron chi connectivity index (χ0n) is 13.0. The van der Waals surface area contributed by atoms with Gasteiger partial charge in [0.25, 0.3) is 0 Å². The number of carbonyl (C=O) groups excluding carboxylic acids is 1. The van der Waals surface area contributed by atoms with Crippen LogP contribution in [0.3, 0.4) is 0 Å². The third kappa shape index (κ3) is 7.02. The summed E-state index contributed by atoms with van der Waals surface area (Å²) in [5, 5.41) is 2.10. The molecule has 0 aliphatic heterocycles. The van der Waals surface area contributed by atoms with Crippen molar-refractivity contribution in [3.63, 3.8) is 0 Å². The van der Waals surface area contributed by atoms with Gasteiger partial charge in [0.1, 0.15) is 0 Å². The van der Waals surface area contributed by atoms with Gasteiger partial charge in [-0.2, -0.15) is 0 Å². The van der Waals surface area contributed by atoms with Gasteiger partial charge in [0.15, 0.2) is 0 Å². The summed E-state index contributed by atoms with van der Waals surface area (Å²) in [6.07, 6.45) is 2.14. The van der Waals surface area contributed by atoms with Crippen molar-refractivity contribution in [2.75, 3.05) is 27.2 Å². The second kappa shape index (κ2) is 9.12. The molecule has 1 unspecified atom stereocenters. The fourth-order valence-corrected chi connectivity index (χ4v) is 2.88. The molecule has 1 atom stereocenters. The van der Waals surface area contributed by atoms with Crippen molar-refractivity contribution < 1.29 is 4.79 Å². The molecule has 0 radical (unpaired) electrons. The molecule has 6 heteroatoms. The largest absolute Gasteiger partial charge is 0.393 e. The average Bonchev–Trinajstić information content (AvgIpc) is 2.94. The van der Waals surface area contributed by atoms with Crippen LogP contribution >= 0.6 is 23.6 Å². The first-order valence-corrected chi connectivity index (χ1v) is 8.43. The quantitative estimate of drug-likeness (QED) is 0.706. The van der Waals surface area contributed by atoms with E-state index in [4.69, 9.17) is 18.0 Å². The Kier molecular flexibility index (Phi) is 7.85. The molecule has 0 saturated heterocycles. The Labute approximate surface area is 136 Å². The van der Waals surface area contributed by atoms with Gasteiger partial charge in [-0.15, -0.1) is 11.3 Å². The average molecular weight is 328 g/mol. The molecule has 0 bridgehead atoms. The fourth-order valence-electron chi connectivity index (χ4n) is 1.96. The van der Waals surface area contributed by atoms with Crippen LogP contribution in [0.2, 0.25) is 0 Å². The van der Waals surface area contributed by atoms with Crippen LogP contribution in [0.4, 0.5) is 0 Å². The van der Waals surface area contributed by atoms with Gasteiger partial charge in [0, 0.05) is 43.9 Å². The summed E-state index contributed by atoms with van der Waals surface area (Å²) >= 11 is 6.61. The molecule has 4 nitrogen and oxygen atoms in total. The van der Waals surface area contributed by atoms with Gasteiger partial charge >= 0.3 is 0 Å². The van der Waals surface area contributed by atoms with E-state index in [0.717, 1.165) is 13.0 Å². The summed E-state index contributed by atoms with van der Waals surface area (Å²) < 4.78 is 0. The molecule has 0 saturated carbocycles. The predicted octanol–water partition coefficient (Wildman–Crippen LogP) is 2.14. The number of carbonyl (C=O) groups is 1. The summed E-state index contributed by atoms with van der Waals surface area (Å²) in [6, 6.07) is 4.66. The maximum Gasteiger partial charge on any atom is 0.223 e. The van der Waals surface area contributed by atoms with E-state index in [-0.39, 0.29) is 5.91 Å². The van der Waals surface area contributed by atoms with Gasteiger partial charge in [0.2, 0.25) is 5.91 Å². The lowest BCUT2D eigenvalue weighted by Crippen LogP contribution is -2.36. The van der Waals surface area contributed by atoms with Crippen molar-refractivity contribution in [3.05, 3.63) is 22.4 Å². The molecule has 2 N–H and O–H groups in total. The molecule has 1 aromatic heterocycles. The van der Waals surface area contributed by atoms with Crippen LogP contribution in [0, 0.1) is 0 Å². The minimum absolute atomic E-state index is 0.140. The van der Waals surface area contributed by atoms with Crippen LogP contribution in [0.1, 0.15) is 24.6 Å². The Balaban J connectivity index is 2.29. The normalized spacial score (nSPS) is 12.4. The highest BCUT2D eigenvalue weighted by Crippen LogP contribution is 2.13. The van der Waals surface area contributed by atoms with E-state index in [9.17, 15) is 4.79 Å². The smallest absolute Gasteiger partial charge is 0.223 e. The lowest BCUT2D eigenvalue weighted by molar-refractivity contribution is -0.130. The van der Waals surface area contributed by atoms with Gasteiger partial charge < -0.3 is 15.5 Å². The molecule has 1 heterocycles.